The van der Waals surface area contributed by atoms with Crippen LogP contribution in [0.1, 0.15) is 16.7 Å². The summed E-state index contributed by atoms with van der Waals surface area (Å²) in [4.78, 5) is 23.6. The Morgan fingerprint density at radius 2 is 1.91 bits per heavy atom. The number of rotatable bonds is 4. The molecular formula is C17H13Cl2NO2. The number of nitrogens with one attached hydrogen (secondary N) is 1. The van der Waals surface area contributed by atoms with Crippen molar-refractivity contribution < 1.29 is 9.59 Å². The van der Waals surface area contributed by atoms with E-state index in [1.165, 1.54) is 0 Å². The molecule has 1 N–H and O–H groups in total. The molecule has 0 aliphatic carbocycles. The third-order valence-corrected chi connectivity index (χ3v) is 4.20. The maximum atomic E-state index is 12.2. The minimum atomic E-state index is -0.0100. The number of carbonyl (C=O) groups is 2. The normalized spacial score (nSPS) is 12.9. The van der Waals surface area contributed by atoms with Gasteiger partial charge < -0.3 is 5.32 Å². The van der Waals surface area contributed by atoms with Gasteiger partial charge in [0.15, 0.2) is 0 Å². The largest absolute Gasteiger partial charge is 0.326 e. The quantitative estimate of drug-likeness (QED) is 0.923. The lowest BCUT2D eigenvalue weighted by atomic mass is 10.0. The Labute approximate surface area is 138 Å². The van der Waals surface area contributed by atoms with Gasteiger partial charge in [0.1, 0.15) is 5.78 Å². The fourth-order valence-corrected chi connectivity index (χ4v) is 2.95. The van der Waals surface area contributed by atoms with Crippen molar-refractivity contribution in [2.45, 2.75) is 19.3 Å². The van der Waals surface area contributed by atoms with E-state index in [1.807, 2.05) is 18.2 Å². The minimum Gasteiger partial charge on any atom is -0.326 e. The van der Waals surface area contributed by atoms with Crippen LogP contribution in [0.2, 0.25) is 10.0 Å². The van der Waals surface area contributed by atoms with Gasteiger partial charge in [0.2, 0.25) is 5.91 Å². The first-order valence-corrected chi connectivity index (χ1v) is 7.64. The maximum absolute atomic E-state index is 12.2. The van der Waals surface area contributed by atoms with Crippen LogP contribution in [0.25, 0.3) is 0 Å². The van der Waals surface area contributed by atoms with Crippen LogP contribution in [-0.4, -0.2) is 11.7 Å². The molecule has 5 heteroatoms. The second kappa shape index (κ2) is 6.11. The minimum absolute atomic E-state index is 0.0100. The van der Waals surface area contributed by atoms with Gasteiger partial charge in [-0.15, -0.1) is 0 Å². The van der Waals surface area contributed by atoms with E-state index in [1.54, 1.807) is 18.2 Å². The van der Waals surface area contributed by atoms with Gasteiger partial charge in [-0.3, -0.25) is 9.59 Å². The average Bonchev–Trinajstić information content (AvgIpc) is 2.82. The second-order valence-electron chi connectivity index (χ2n) is 5.34. The van der Waals surface area contributed by atoms with Crippen molar-refractivity contribution in [2.24, 2.45) is 0 Å². The van der Waals surface area contributed by atoms with Crippen LogP contribution in [0.5, 0.6) is 0 Å². The smallest absolute Gasteiger partial charge is 0.228 e. The Morgan fingerprint density at radius 1 is 1.09 bits per heavy atom. The number of fused-ring (bicyclic) bond motifs is 1. The standard InChI is InChI=1S/C17H13Cl2NO2/c18-13-2-3-15(19)11(7-13)8-14(21)6-10-1-4-16-12(5-10)9-17(22)20-16/h1-5,7H,6,8-9H2,(H,20,22). The van der Waals surface area contributed by atoms with Gasteiger partial charge in [-0.2, -0.15) is 0 Å². The molecule has 0 saturated carbocycles. The molecule has 2 aromatic rings. The molecular weight excluding hydrogens is 321 g/mol. The summed E-state index contributed by atoms with van der Waals surface area (Å²) in [6.07, 6.45) is 0.926. The highest BCUT2D eigenvalue weighted by Crippen LogP contribution is 2.25. The Morgan fingerprint density at radius 3 is 2.73 bits per heavy atom. The number of hydrogen-bond acceptors (Lipinski definition) is 2. The summed E-state index contributed by atoms with van der Waals surface area (Å²) >= 11 is 12.0. The Balaban J connectivity index is 1.71. The number of amides is 1. The fraction of sp³-hybridized carbons (Fsp3) is 0.176. The van der Waals surface area contributed by atoms with Gasteiger partial charge in [-0.1, -0.05) is 35.3 Å². The van der Waals surface area contributed by atoms with Crippen LogP contribution in [0.4, 0.5) is 5.69 Å². The molecule has 112 valence electrons. The van der Waals surface area contributed by atoms with E-state index in [9.17, 15) is 9.59 Å². The Kier molecular flexibility index (Phi) is 4.19. The number of halogens is 2. The highest BCUT2D eigenvalue weighted by atomic mass is 35.5. The third kappa shape index (κ3) is 3.32. The summed E-state index contributed by atoms with van der Waals surface area (Å²) in [6.45, 7) is 0. The molecule has 0 unspecified atom stereocenters. The monoisotopic (exact) mass is 333 g/mol. The zero-order chi connectivity index (χ0) is 15.7. The van der Waals surface area contributed by atoms with Gasteiger partial charge in [0.05, 0.1) is 6.42 Å². The first-order valence-electron chi connectivity index (χ1n) is 6.88. The zero-order valence-electron chi connectivity index (χ0n) is 11.7. The topological polar surface area (TPSA) is 46.2 Å². The van der Waals surface area contributed by atoms with Crippen molar-refractivity contribution in [2.75, 3.05) is 5.32 Å². The molecule has 0 atom stereocenters. The highest BCUT2D eigenvalue weighted by molar-refractivity contribution is 6.33. The summed E-state index contributed by atoms with van der Waals surface area (Å²) in [5.74, 6) is 0.0468. The molecule has 0 saturated heterocycles. The van der Waals surface area contributed by atoms with Gasteiger partial charge in [0.25, 0.3) is 0 Å². The van der Waals surface area contributed by atoms with E-state index in [4.69, 9.17) is 23.2 Å². The lowest BCUT2D eigenvalue weighted by Gasteiger charge is -2.06. The van der Waals surface area contributed by atoms with E-state index >= 15 is 0 Å². The zero-order valence-corrected chi connectivity index (χ0v) is 13.2. The summed E-state index contributed by atoms with van der Waals surface area (Å²) in [5.41, 5.74) is 3.41. The number of ketones is 1. The summed E-state index contributed by atoms with van der Waals surface area (Å²) < 4.78 is 0. The van der Waals surface area contributed by atoms with Crippen LogP contribution in [-0.2, 0) is 28.9 Å². The third-order valence-electron chi connectivity index (χ3n) is 3.59. The number of benzene rings is 2. The summed E-state index contributed by atoms with van der Waals surface area (Å²) in [5, 5.41) is 3.88. The van der Waals surface area contributed by atoms with Crippen LogP contribution in [0.15, 0.2) is 36.4 Å². The van der Waals surface area contributed by atoms with E-state index in [2.05, 4.69) is 5.32 Å². The Hall–Kier alpha value is -1.84. The maximum Gasteiger partial charge on any atom is 0.228 e. The number of carbonyl (C=O) groups excluding carboxylic acids is 2. The van der Waals surface area contributed by atoms with E-state index in [-0.39, 0.29) is 18.1 Å². The summed E-state index contributed by atoms with van der Waals surface area (Å²) in [6, 6.07) is 10.7. The Bertz CT molecular complexity index is 771. The predicted molar refractivity (Wildman–Crippen MR) is 87.7 cm³/mol. The lowest BCUT2D eigenvalue weighted by Crippen LogP contribution is -2.07. The van der Waals surface area contributed by atoms with Crippen molar-refractivity contribution in [3.8, 4) is 0 Å². The van der Waals surface area contributed by atoms with Crippen molar-refractivity contribution in [1.82, 2.24) is 0 Å². The van der Waals surface area contributed by atoms with Crippen molar-refractivity contribution in [3.05, 3.63) is 63.1 Å². The molecule has 0 spiro atoms. The van der Waals surface area contributed by atoms with Crippen LogP contribution >= 0.6 is 23.2 Å². The van der Waals surface area contributed by atoms with E-state index < -0.39 is 0 Å². The summed E-state index contributed by atoms with van der Waals surface area (Å²) in [7, 11) is 0. The first-order chi connectivity index (χ1) is 10.5. The fourth-order valence-electron chi connectivity index (χ4n) is 2.57. The van der Waals surface area contributed by atoms with Gasteiger partial charge >= 0.3 is 0 Å². The number of anilines is 1. The second-order valence-corrected chi connectivity index (χ2v) is 6.19. The predicted octanol–water partition coefficient (Wildman–Crippen LogP) is 3.84. The molecule has 0 radical (unpaired) electrons. The molecule has 1 heterocycles. The molecule has 2 aromatic carbocycles. The van der Waals surface area contributed by atoms with Gasteiger partial charge in [-0.05, 0) is 41.0 Å². The van der Waals surface area contributed by atoms with Crippen molar-refractivity contribution in [1.29, 1.82) is 0 Å². The van der Waals surface area contributed by atoms with Crippen molar-refractivity contribution in [3.63, 3.8) is 0 Å². The van der Waals surface area contributed by atoms with Gasteiger partial charge in [-0.25, -0.2) is 0 Å². The molecule has 0 bridgehead atoms. The molecule has 0 fully saturated rings. The molecule has 22 heavy (non-hydrogen) atoms. The van der Waals surface area contributed by atoms with Crippen LogP contribution in [0.3, 0.4) is 0 Å². The molecule has 3 rings (SSSR count). The molecule has 1 amide bonds. The lowest BCUT2D eigenvalue weighted by molar-refractivity contribution is -0.118. The van der Waals surface area contributed by atoms with Gasteiger partial charge in [0, 0.05) is 28.6 Å². The SMILES string of the molecule is O=C(Cc1ccc2c(c1)CC(=O)N2)Cc1cc(Cl)ccc1Cl. The van der Waals surface area contributed by atoms with Crippen molar-refractivity contribution >= 4 is 40.6 Å². The first kappa shape index (κ1) is 15.1. The van der Waals surface area contributed by atoms with E-state index in [0.29, 0.717) is 22.9 Å². The highest BCUT2D eigenvalue weighted by Gasteiger charge is 2.18. The molecule has 1 aliphatic heterocycles. The molecule has 3 nitrogen and oxygen atoms in total. The van der Waals surface area contributed by atoms with Crippen LogP contribution in [0, 0.1) is 0 Å². The van der Waals surface area contributed by atoms with Crippen LogP contribution < -0.4 is 5.32 Å². The molecule has 0 aromatic heterocycles. The number of Topliss-reactive ketones (excluding diaryl/α,β-unsaturated/α-hetero) is 1. The average molecular weight is 334 g/mol. The number of hydrogen-bond donors (Lipinski definition) is 1. The molecule has 1 aliphatic rings. The van der Waals surface area contributed by atoms with E-state index in [0.717, 1.165) is 22.4 Å².